The first-order chi connectivity index (χ1) is 13.6. The molecule has 0 aliphatic rings. The molecule has 0 aromatic heterocycles. The number of nitrogens with one attached hydrogen (secondary N) is 1. The number of para-hydroxylation sites is 1. The van der Waals surface area contributed by atoms with Gasteiger partial charge in [0.25, 0.3) is 5.91 Å². The van der Waals surface area contributed by atoms with Crippen molar-refractivity contribution in [3.63, 3.8) is 0 Å². The number of hydrogen-bond donors (Lipinski definition) is 1. The second-order valence-electron chi connectivity index (χ2n) is 6.07. The predicted octanol–water partition coefficient (Wildman–Crippen LogP) is 5.62. The van der Waals surface area contributed by atoms with Gasteiger partial charge in [0.2, 0.25) is 0 Å². The molecule has 138 valence electrons. The summed E-state index contributed by atoms with van der Waals surface area (Å²) in [5.41, 5.74) is 2.50. The fourth-order valence-corrected chi connectivity index (χ4v) is 2.94. The number of amides is 1. The molecule has 0 heterocycles. The summed E-state index contributed by atoms with van der Waals surface area (Å²) < 4.78 is 13.8. The fourth-order valence-electron chi connectivity index (χ4n) is 2.74. The van der Waals surface area contributed by atoms with Gasteiger partial charge in [0.05, 0.1) is 5.69 Å². The zero-order chi connectivity index (χ0) is 19.9. The monoisotopic (exact) mass is 390 g/mol. The second kappa shape index (κ2) is 8.98. The molecule has 0 bridgehead atoms. The summed E-state index contributed by atoms with van der Waals surface area (Å²) in [6.45, 7) is 0. The molecule has 0 atom stereocenters. The molecule has 0 spiro atoms. The minimum absolute atomic E-state index is 0.0259. The van der Waals surface area contributed by atoms with E-state index in [9.17, 15) is 14.4 Å². The normalized spacial score (nSPS) is 11.0. The average molecular weight is 391 g/mol. The third kappa shape index (κ3) is 4.64. The van der Waals surface area contributed by atoms with Gasteiger partial charge in [-0.15, -0.1) is 0 Å². The van der Waals surface area contributed by atoms with Crippen LogP contribution in [0.5, 0.6) is 0 Å². The van der Waals surface area contributed by atoms with E-state index in [0.29, 0.717) is 11.4 Å². The third-order valence-corrected chi connectivity index (χ3v) is 4.55. The summed E-state index contributed by atoms with van der Waals surface area (Å²) in [7, 11) is 0. The van der Waals surface area contributed by atoms with E-state index in [2.05, 4.69) is 5.32 Å². The maximum Gasteiger partial charge on any atom is 0.266 e. The van der Waals surface area contributed by atoms with Crippen molar-refractivity contribution in [2.24, 2.45) is 0 Å². The highest BCUT2D eigenvalue weighted by Crippen LogP contribution is 2.23. The van der Waals surface area contributed by atoms with Gasteiger partial charge < -0.3 is 5.32 Å². The van der Waals surface area contributed by atoms with Gasteiger partial charge in [0.15, 0.2) is 0 Å². The van der Waals surface area contributed by atoms with Crippen LogP contribution in [0.3, 0.4) is 0 Å². The fraction of sp³-hybridized carbons (Fsp3) is 0.0435. The molecule has 0 aliphatic carbocycles. The van der Waals surface area contributed by atoms with E-state index in [1.807, 2.05) is 54.6 Å². The molecule has 1 amide bonds. The predicted molar refractivity (Wildman–Crippen MR) is 109 cm³/mol. The Balaban J connectivity index is 1.89. The van der Waals surface area contributed by atoms with Gasteiger partial charge in [0, 0.05) is 5.02 Å². The van der Waals surface area contributed by atoms with Crippen LogP contribution < -0.4 is 5.32 Å². The molecule has 28 heavy (non-hydrogen) atoms. The van der Waals surface area contributed by atoms with Crippen LogP contribution in [0.2, 0.25) is 5.02 Å². The first-order valence-electron chi connectivity index (χ1n) is 8.57. The Labute approximate surface area is 167 Å². The van der Waals surface area contributed by atoms with E-state index >= 15 is 0 Å². The highest BCUT2D eigenvalue weighted by molar-refractivity contribution is 6.31. The van der Waals surface area contributed by atoms with Gasteiger partial charge >= 0.3 is 0 Å². The molecule has 0 unspecified atom stereocenters. The summed E-state index contributed by atoms with van der Waals surface area (Å²) in [6, 6.07) is 22.7. The lowest BCUT2D eigenvalue weighted by molar-refractivity contribution is -0.112. The summed E-state index contributed by atoms with van der Waals surface area (Å²) in [5.74, 6) is -1.23. The lowest BCUT2D eigenvalue weighted by Crippen LogP contribution is -2.14. The maximum absolute atomic E-state index is 13.8. The molecule has 3 aromatic carbocycles. The highest BCUT2D eigenvalue weighted by Gasteiger charge is 2.13. The second-order valence-corrected chi connectivity index (χ2v) is 6.48. The molecular weight excluding hydrogens is 375 g/mol. The van der Waals surface area contributed by atoms with Crippen LogP contribution in [-0.4, -0.2) is 5.91 Å². The third-order valence-electron chi connectivity index (χ3n) is 4.18. The molecule has 1 N–H and O–H groups in total. The van der Waals surface area contributed by atoms with Crippen LogP contribution in [0.25, 0.3) is 6.08 Å². The van der Waals surface area contributed by atoms with Crippen LogP contribution in [-0.2, 0) is 11.2 Å². The van der Waals surface area contributed by atoms with Crippen LogP contribution in [0, 0.1) is 17.1 Å². The van der Waals surface area contributed by atoms with Crippen molar-refractivity contribution >= 4 is 29.3 Å². The largest absolute Gasteiger partial charge is 0.319 e. The standard InChI is InChI=1S/C23H16ClFN2O/c24-20-10-4-3-9-18(20)13-16-7-1-2-8-17(16)14-19(15-26)23(28)27-22-12-6-5-11-21(22)25/h1-12,14H,13H2,(H,27,28)/b19-14+. The molecule has 0 fully saturated rings. The van der Waals surface area contributed by atoms with Gasteiger partial charge in [-0.1, -0.05) is 66.2 Å². The Morgan fingerprint density at radius 1 is 1.00 bits per heavy atom. The van der Waals surface area contributed by atoms with Gasteiger partial charge in [-0.05, 0) is 47.4 Å². The van der Waals surface area contributed by atoms with Crippen LogP contribution in [0.15, 0.2) is 78.4 Å². The Kier molecular flexibility index (Phi) is 6.21. The number of anilines is 1. The van der Waals surface area contributed by atoms with Gasteiger partial charge in [-0.25, -0.2) is 4.39 Å². The van der Waals surface area contributed by atoms with E-state index in [1.165, 1.54) is 24.3 Å². The lowest BCUT2D eigenvalue weighted by Gasteiger charge is -2.09. The zero-order valence-electron chi connectivity index (χ0n) is 14.8. The number of rotatable bonds is 5. The van der Waals surface area contributed by atoms with Crippen molar-refractivity contribution < 1.29 is 9.18 Å². The van der Waals surface area contributed by atoms with Crippen LogP contribution in [0.1, 0.15) is 16.7 Å². The number of carbonyl (C=O) groups excluding carboxylic acids is 1. The van der Waals surface area contributed by atoms with Gasteiger partial charge in [-0.2, -0.15) is 5.26 Å². The molecule has 3 nitrogen and oxygen atoms in total. The van der Waals surface area contributed by atoms with Crippen molar-refractivity contribution in [1.29, 1.82) is 5.26 Å². The van der Waals surface area contributed by atoms with Crippen molar-refractivity contribution in [3.8, 4) is 6.07 Å². The molecule has 3 rings (SSSR count). The Morgan fingerprint density at radius 2 is 1.64 bits per heavy atom. The summed E-state index contributed by atoms with van der Waals surface area (Å²) in [4.78, 5) is 12.4. The highest BCUT2D eigenvalue weighted by atomic mass is 35.5. The Bertz CT molecular complexity index is 1090. The SMILES string of the molecule is N#C/C(=C\c1ccccc1Cc1ccccc1Cl)C(=O)Nc1ccccc1F. The topological polar surface area (TPSA) is 52.9 Å². The van der Waals surface area contributed by atoms with E-state index in [-0.39, 0.29) is 11.3 Å². The molecular formula is C23H16ClFN2O. The first kappa shape index (κ1) is 19.3. The molecule has 5 heteroatoms. The minimum atomic E-state index is -0.667. The molecule has 0 aliphatic heterocycles. The van der Waals surface area contributed by atoms with E-state index < -0.39 is 11.7 Å². The van der Waals surface area contributed by atoms with E-state index in [1.54, 1.807) is 6.07 Å². The number of hydrogen-bond acceptors (Lipinski definition) is 2. The van der Waals surface area contributed by atoms with Crippen LogP contribution >= 0.6 is 11.6 Å². The van der Waals surface area contributed by atoms with Gasteiger partial charge in [0.1, 0.15) is 17.5 Å². The van der Waals surface area contributed by atoms with Crippen molar-refractivity contribution in [3.05, 3.63) is 106 Å². The summed E-state index contributed by atoms with van der Waals surface area (Å²) in [5, 5.41) is 12.5. The Morgan fingerprint density at radius 3 is 2.36 bits per heavy atom. The number of carbonyl (C=O) groups is 1. The lowest BCUT2D eigenvalue weighted by atomic mass is 9.98. The number of benzene rings is 3. The van der Waals surface area contributed by atoms with Crippen molar-refractivity contribution in [2.45, 2.75) is 6.42 Å². The van der Waals surface area contributed by atoms with Gasteiger partial charge in [-0.3, -0.25) is 4.79 Å². The quantitative estimate of drug-likeness (QED) is 0.454. The number of nitriles is 1. The average Bonchev–Trinajstić information content (AvgIpc) is 2.70. The smallest absolute Gasteiger partial charge is 0.266 e. The van der Waals surface area contributed by atoms with E-state index in [4.69, 9.17) is 11.6 Å². The maximum atomic E-state index is 13.8. The molecule has 0 radical (unpaired) electrons. The first-order valence-corrected chi connectivity index (χ1v) is 8.95. The Hall–Kier alpha value is -3.42. The van der Waals surface area contributed by atoms with E-state index in [0.717, 1.165) is 16.7 Å². The minimum Gasteiger partial charge on any atom is -0.319 e. The summed E-state index contributed by atoms with van der Waals surface area (Å²) in [6.07, 6.45) is 2.06. The number of nitrogens with zero attached hydrogens (tertiary/aromatic N) is 1. The van der Waals surface area contributed by atoms with Crippen molar-refractivity contribution in [1.82, 2.24) is 0 Å². The summed E-state index contributed by atoms with van der Waals surface area (Å²) >= 11 is 6.25. The van der Waals surface area contributed by atoms with Crippen molar-refractivity contribution in [2.75, 3.05) is 5.32 Å². The molecule has 3 aromatic rings. The zero-order valence-corrected chi connectivity index (χ0v) is 15.6. The molecule has 0 saturated heterocycles. The van der Waals surface area contributed by atoms with Crippen LogP contribution in [0.4, 0.5) is 10.1 Å². The number of halogens is 2. The molecule has 0 saturated carbocycles.